The van der Waals surface area contributed by atoms with Gasteiger partial charge in [-0.3, -0.25) is 0 Å². The van der Waals surface area contributed by atoms with Gasteiger partial charge in [0.05, 0.1) is 18.2 Å². The maximum atomic E-state index is 9.12. The summed E-state index contributed by atoms with van der Waals surface area (Å²) in [5, 5.41) is 21.1. The quantitative estimate of drug-likeness (QED) is 0.809. The van der Waals surface area contributed by atoms with Crippen molar-refractivity contribution < 1.29 is 5.11 Å². The van der Waals surface area contributed by atoms with Gasteiger partial charge in [0, 0.05) is 12.1 Å². The van der Waals surface area contributed by atoms with Crippen LogP contribution in [-0.4, -0.2) is 17.3 Å². The Labute approximate surface area is 96.7 Å². The number of aliphatic hydroxyl groups excluding tert-OH is 1. The van der Waals surface area contributed by atoms with Crippen molar-refractivity contribution >= 4 is 0 Å². The number of aliphatic hydroxyl groups is 1. The molecule has 86 valence electrons. The van der Waals surface area contributed by atoms with E-state index in [2.05, 4.69) is 11.4 Å². The first kappa shape index (κ1) is 12.7. The van der Waals surface area contributed by atoms with E-state index in [1.165, 1.54) is 0 Å². The Hall–Kier alpha value is -1.37. The topological polar surface area (TPSA) is 56.0 Å². The van der Waals surface area contributed by atoms with E-state index in [1.807, 2.05) is 39.0 Å². The SMILES string of the molecule is Cc1cc(C#N)ccc1CNC(C)(C)CO. The number of benzene rings is 1. The molecule has 3 heteroatoms. The van der Waals surface area contributed by atoms with Gasteiger partial charge in [-0.15, -0.1) is 0 Å². The first-order valence-electron chi connectivity index (χ1n) is 5.34. The van der Waals surface area contributed by atoms with Gasteiger partial charge >= 0.3 is 0 Å². The molecule has 0 spiro atoms. The van der Waals surface area contributed by atoms with Crippen molar-refractivity contribution in [3.8, 4) is 6.07 Å². The van der Waals surface area contributed by atoms with Crippen LogP contribution in [0.15, 0.2) is 18.2 Å². The molecule has 1 rings (SSSR count). The van der Waals surface area contributed by atoms with Crippen LogP contribution in [0.1, 0.15) is 30.5 Å². The molecule has 0 unspecified atom stereocenters. The lowest BCUT2D eigenvalue weighted by Crippen LogP contribution is -2.42. The lowest BCUT2D eigenvalue weighted by atomic mass is 10.0. The third-order valence-electron chi connectivity index (χ3n) is 2.62. The van der Waals surface area contributed by atoms with Crippen molar-refractivity contribution in [2.75, 3.05) is 6.61 Å². The van der Waals surface area contributed by atoms with Crippen molar-refractivity contribution in [3.05, 3.63) is 34.9 Å². The zero-order chi connectivity index (χ0) is 12.2. The highest BCUT2D eigenvalue weighted by atomic mass is 16.3. The number of rotatable bonds is 4. The van der Waals surface area contributed by atoms with Gasteiger partial charge in [-0.1, -0.05) is 6.07 Å². The first-order chi connectivity index (χ1) is 7.48. The van der Waals surface area contributed by atoms with Crippen molar-refractivity contribution in [2.45, 2.75) is 32.9 Å². The van der Waals surface area contributed by atoms with Crippen LogP contribution in [0.5, 0.6) is 0 Å². The van der Waals surface area contributed by atoms with Crippen LogP contribution in [0, 0.1) is 18.3 Å². The molecule has 0 saturated heterocycles. The fourth-order valence-electron chi connectivity index (χ4n) is 1.35. The van der Waals surface area contributed by atoms with Crippen molar-refractivity contribution in [2.24, 2.45) is 0 Å². The summed E-state index contributed by atoms with van der Waals surface area (Å²) < 4.78 is 0. The average molecular weight is 218 g/mol. The number of nitrogens with zero attached hydrogens (tertiary/aromatic N) is 1. The van der Waals surface area contributed by atoms with Gasteiger partial charge in [0.15, 0.2) is 0 Å². The summed E-state index contributed by atoms with van der Waals surface area (Å²) in [4.78, 5) is 0. The number of nitrogens with one attached hydrogen (secondary N) is 1. The molecule has 1 aromatic carbocycles. The standard InChI is InChI=1S/C13H18N2O/c1-10-6-11(7-14)4-5-12(10)8-15-13(2,3)9-16/h4-6,15-16H,8-9H2,1-3H3. The Morgan fingerprint density at radius 3 is 2.62 bits per heavy atom. The van der Waals surface area contributed by atoms with E-state index >= 15 is 0 Å². The second-order valence-electron chi connectivity index (χ2n) is 4.65. The van der Waals surface area contributed by atoms with Crippen LogP contribution in [0.2, 0.25) is 0 Å². The minimum atomic E-state index is -0.277. The molecule has 0 saturated carbocycles. The lowest BCUT2D eigenvalue weighted by Gasteiger charge is -2.24. The van der Waals surface area contributed by atoms with Crippen molar-refractivity contribution in [1.82, 2.24) is 5.32 Å². The van der Waals surface area contributed by atoms with Gasteiger partial charge in [-0.05, 0) is 44.0 Å². The van der Waals surface area contributed by atoms with Crippen LogP contribution in [0.4, 0.5) is 0 Å². The third-order valence-corrected chi connectivity index (χ3v) is 2.62. The molecular formula is C13H18N2O. The maximum absolute atomic E-state index is 9.12. The molecule has 0 aliphatic rings. The lowest BCUT2D eigenvalue weighted by molar-refractivity contribution is 0.187. The maximum Gasteiger partial charge on any atom is 0.0991 e. The highest BCUT2D eigenvalue weighted by Gasteiger charge is 2.15. The molecule has 0 fully saturated rings. The molecule has 0 heterocycles. The number of nitriles is 1. The Morgan fingerprint density at radius 2 is 2.12 bits per heavy atom. The number of hydrogen-bond donors (Lipinski definition) is 2. The van der Waals surface area contributed by atoms with E-state index in [4.69, 9.17) is 10.4 Å². The molecule has 0 amide bonds. The monoisotopic (exact) mass is 218 g/mol. The summed E-state index contributed by atoms with van der Waals surface area (Å²) in [5.41, 5.74) is 2.66. The van der Waals surface area contributed by atoms with E-state index < -0.39 is 0 Å². The number of hydrogen-bond acceptors (Lipinski definition) is 3. The normalized spacial score (nSPS) is 11.2. The predicted octanol–water partition coefficient (Wildman–Crippen LogP) is 1.73. The summed E-state index contributed by atoms with van der Waals surface area (Å²) in [6, 6.07) is 7.76. The highest BCUT2D eigenvalue weighted by molar-refractivity contribution is 5.37. The second-order valence-corrected chi connectivity index (χ2v) is 4.65. The Morgan fingerprint density at radius 1 is 1.44 bits per heavy atom. The molecule has 0 atom stereocenters. The summed E-state index contributed by atoms with van der Waals surface area (Å²) >= 11 is 0. The Bertz CT molecular complexity index is 405. The second kappa shape index (κ2) is 5.11. The molecule has 3 nitrogen and oxygen atoms in total. The fourth-order valence-corrected chi connectivity index (χ4v) is 1.35. The van der Waals surface area contributed by atoms with Crippen molar-refractivity contribution in [1.29, 1.82) is 5.26 Å². The van der Waals surface area contributed by atoms with E-state index in [1.54, 1.807) is 0 Å². The van der Waals surface area contributed by atoms with Crippen LogP contribution >= 0.6 is 0 Å². The summed E-state index contributed by atoms with van der Waals surface area (Å²) in [5.74, 6) is 0. The third kappa shape index (κ3) is 3.34. The fraction of sp³-hybridized carbons (Fsp3) is 0.462. The summed E-state index contributed by atoms with van der Waals surface area (Å²) in [6.07, 6.45) is 0. The molecule has 0 aliphatic carbocycles. The van der Waals surface area contributed by atoms with Gasteiger partial charge in [0.2, 0.25) is 0 Å². The number of aryl methyl sites for hydroxylation is 1. The molecule has 1 aromatic rings. The molecule has 0 bridgehead atoms. The summed E-state index contributed by atoms with van der Waals surface area (Å²) in [6.45, 7) is 6.69. The summed E-state index contributed by atoms with van der Waals surface area (Å²) in [7, 11) is 0. The van der Waals surface area contributed by atoms with Gasteiger partial charge < -0.3 is 10.4 Å². The first-order valence-corrected chi connectivity index (χ1v) is 5.34. The van der Waals surface area contributed by atoms with Gasteiger partial charge in [0.25, 0.3) is 0 Å². The smallest absolute Gasteiger partial charge is 0.0991 e. The zero-order valence-electron chi connectivity index (χ0n) is 10.0. The highest BCUT2D eigenvalue weighted by Crippen LogP contribution is 2.12. The molecule has 2 N–H and O–H groups in total. The molecular weight excluding hydrogens is 200 g/mol. The Kier molecular flexibility index (Phi) is 4.05. The minimum absolute atomic E-state index is 0.0995. The van der Waals surface area contributed by atoms with E-state index in [0.29, 0.717) is 12.1 Å². The molecule has 0 aromatic heterocycles. The predicted molar refractivity (Wildman–Crippen MR) is 63.9 cm³/mol. The minimum Gasteiger partial charge on any atom is -0.394 e. The van der Waals surface area contributed by atoms with Gasteiger partial charge in [-0.2, -0.15) is 5.26 Å². The van der Waals surface area contributed by atoms with Gasteiger partial charge in [0.1, 0.15) is 0 Å². The van der Waals surface area contributed by atoms with Crippen LogP contribution in [0.25, 0.3) is 0 Å². The van der Waals surface area contributed by atoms with Gasteiger partial charge in [-0.25, -0.2) is 0 Å². The van der Waals surface area contributed by atoms with Crippen molar-refractivity contribution in [3.63, 3.8) is 0 Å². The van der Waals surface area contributed by atoms with E-state index in [9.17, 15) is 0 Å². The largest absolute Gasteiger partial charge is 0.394 e. The van der Waals surface area contributed by atoms with Crippen LogP contribution < -0.4 is 5.32 Å². The average Bonchev–Trinajstić information content (AvgIpc) is 2.27. The zero-order valence-corrected chi connectivity index (χ0v) is 10.0. The molecule has 0 radical (unpaired) electrons. The van der Waals surface area contributed by atoms with Crippen LogP contribution in [-0.2, 0) is 6.54 Å². The molecule has 0 aliphatic heterocycles. The van der Waals surface area contributed by atoms with Crippen LogP contribution in [0.3, 0.4) is 0 Å². The van der Waals surface area contributed by atoms with E-state index in [0.717, 1.165) is 11.1 Å². The Balaban J connectivity index is 2.73. The molecule has 16 heavy (non-hydrogen) atoms. The van der Waals surface area contributed by atoms with E-state index in [-0.39, 0.29) is 12.1 Å².